The number of aromatic nitrogens is 2. The van der Waals surface area contributed by atoms with Gasteiger partial charge in [-0.05, 0) is 61.0 Å². The Morgan fingerprint density at radius 3 is 2.55 bits per heavy atom. The van der Waals surface area contributed by atoms with Crippen molar-refractivity contribution in [3.05, 3.63) is 52.9 Å². The molecule has 2 aromatic heterocycles. The second-order valence-electron chi connectivity index (χ2n) is 6.24. The molecule has 0 saturated carbocycles. The van der Waals surface area contributed by atoms with Crippen LogP contribution in [0.4, 0.5) is 10.2 Å². The number of nitrogens with zero attached hydrogens (tertiary/aromatic N) is 2. The van der Waals surface area contributed by atoms with E-state index in [-0.39, 0.29) is 11.4 Å². The molecular weight excluding hydrogens is 345 g/mol. The van der Waals surface area contributed by atoms with Crippen molar-refractivity contribution in [3.8, 4) is 11.3 Å². The number of rotatable bonds is 2. The molecule has 0 atom stereocenters. The summed E-state index contributed by atoms with van der Waals surface area (Å²) in [5.74, 6) is 0.510. The van der Waals surface area contributed by atoms with Crippen LogP contribution in [0, 0.1) is 5.82 Å². The van der Waals surface area contributed by atoms with Crippen LogP contribution in [-0.2, 0) is 0 Å². The van der Waals surface area contributed by atoms with Gasteiger partial charge in [0.15, 0.2) is 0 Å². The van der Waals surface area contributed by atoms with Gasteiger partial charge in [-0.15, -0.1) is 0 Å². The van der Waals surface area contributed by atoms with Gasteiger partial charge in [0.2, 0.25) is 0 Å². The third-order valence-electron chi connectivity index (χ3n) is 3.20. The molecule has 0 unspecified atom stereocenters. The van der Waals surface area contributed by atoms with Crippen LogP contribution in [0.25, 0.3) is 16.9 Å². The van der Waals surface area contributed by atoms with E-state index >= 15 is 0 Å². The molecule has 0 spiro atoms. The number of anilines is 1. The number of halogens is 2. The molecule has 3 aromatic rings. The summed E-state index contributed by atoms with van der Waals surface area (Å²) in [6.07, 6.45) is 1.93. The highest BCUT2D eigenvalue weighted by Gasteiger charge is 2.21. The van der Waals surface area contributed by atoms with Crippen LogP contribution >= 0.6 is 15.9 Å². The Balaban J connectivity index is 2.29. The third kappa shape index (κ3) is 2.86. The Hall–Kier alpha value is -1.88. The molecule has 0 fully saturated rings. The van der Waals surface area contributed by atoms with Crippen LogP contribution in [0.15, 0.2) is 47.1 Å². The van der Waals surface area contributed by atoms with Gasteiger partial charge in [0.05, 0.1) is 0 Å². The largest absolute Gasteiger partial charge is 0.365 e. The number of nitrogens with one attached hydrogen (secondary N) is 1. The lowest BCUT2D eigenvalue weighted by atomic mass is 10.1. The van der Waals surface area contributed by atoms with Crippen molar-refractivity contribution in [2.24, 2.45) is 0 Å². The van der Waals surface area contributed by atoms with Gasteiger partial charge >= 0.3 is 0 Å². The molecule has 5 heteroatoms. The van der Waals surface area contributed by atoms with E-state index in [4.69, 9.17) is 0 Å². The highest BCUT2D eigenvalue weighted by Crippen LogP contribution is 2.32. The Morgan fingerprint density at radius 2 is 1.86 bits per heavy atom. The molecule has 0 bridgehead atoms. The zero-order valence-corrected chi connectivity index (χ0v) is 14.3. The molecule has 3 rings (SSSR count). The van der Waals surface area contributed by atoms with E-state index in [9.17, 15) is 4.39 Å². The van der Waals surface area contributed by atoms with Gasteiger partial charge in [0, 0.05) is 21.8 Å². The third-order valence-corrected chi connectivity index (χ3v) is 3.67. The lowest BCUT2D eigenvalue weighted by molar-refractivity contribution is 0.625. The minimum Gasteiger partial charge on any atom is -0.365 e. The van der Waals surface area contributed by atoms with E-state index in [1.165, 1.54) is 6.07 Å². The van der Waals surface area contributed by atoms with Crippen LogP contribution < -0.4 is 5.32 Å². The number of imidazole rings is 1. The molecule has 0 aliphatic heterocycles. The Morgan fingerprint density at radius 1 is 1.14 bits per heavy atom. The number of hydrogen-bond donors (Lipinski definition) is 1. The van der Waals surface area contributed by atoms with Gasteiger partial charge in [-0.2, -0.15) is 0 Å². The van der Waals surface area contributed by atoms with E-state index in [1.54, 1.807) is 12.1 Å². The summed E-state index contributed by atoms with van der Waals surface area (Å²) < 4.78 is 17.1. The number of benzene rings is 1. The fourth-order valence-corrected chi connectivity index (χ4v) is 2.67. The first-order valence-corrected chi connectivity index (χ1v) is 7.85. The summed E-state index contributed by atoms with van der Waals surface area (Å²) in [6.45, 7) is 6.19. The van der Waals surface area contributed by atoms with E-state index < -0.39 is 0 Å². The Labute approximate surface area is 137 Å². The molecule has 0 aliphatic rings. The number of pyridine rings is 1. The molecule has 1 aromatic carbocycles. The molecule has 0 radical (unpaired) electrons. The van der Waals surface area contributed by atoms with Gasteiger partial charge in [-0.25, -0.2) is 9.37 Å². The van der Waals surface area contributed by atoms with Gasteiger partial charge in [0.25, 0.3) is 0 Å². The predicted molar refractivity (Wildman–Crippen MR) is 91.7 cm³/mol. The summed E-state index contributed by atoms with van der Waals surface area (Å²) in [6, 6.07) is 10.5. The summed E-state index contributed by atoms with van der Waals surface area (Å²) in [5.41, 5.74) is 1.71. The summed E-state index contributed by atoms with van der Waals surface area (Å²) in [5, 5.41) is 3.44. The predicted octanol–water partition coefficient (Wildman–Crippen LogP) is 5.11. The van der Waals surface area contributed by atoms with Gasteiger partial charge < -0.3 is 5.32 Å². The first-order valence-electron chi connectivity index (χ1n) is 7.06. The summed E-state index contributed by atoms with van der Waals surface area (Å²) >= 11 is 3.48. The second-order valence-corrected chi connectivity index (χ2v) is 7.16. The van der Waals surface area contributed by atoms with Crippen molar-refractivity contribution < 1.29 is 4.39 Å². The molecule has 114 valence electrons. The zero-order valence-electron chi connectivity index (χ0n) is 12.7. The minimum atomic E-state index is -0.276. The average Bonchev–Trinajstić information content (AvgIpc) is 2.76. The van der Waals surface area contributed by atoms with Crippen molar-refractivity contribution >= 4 is 27.4 Å². The Kier molecular flexibility index (Phi) is 3.68. The molecule has 0 aliphatic carbocycles. The van der Waals surface area contributed by atoms with Crippen LogP contribution in [-0.4, -0.2) is 14.9 Å². The SMILES string of the molecule is CC(C)(C)Nc1c(-c2ccccc2F)nc2ccc(Br)cn12. The van der Waals surface area contributed by atoms with E-state index in [0.717, 1.165) is 15.9 Å². The van der Waals surface area contributed by atoms with Crippen LogP contribution in [0.5, 0.6) is 0 Å². The lowest BCUT2D eigenvalue weighted by Crippen LogP contribution is -2.27. The van der Waals surface area contributed by atoms with E-state index in [2.05, 4.69) is 47.0 Å². The fourth-order valence-electron chi connectivity index (χ4n) is 2.33. The lowest BCUT2D eigenvalue weighted by Gasteiger charge is -2.22. The monoisotopic (exact) mass is 361 g/mol. The highest BCUT2D eigenvalue weighted by atomic mass is 79.9. The van der Waals surface area contributed by atoms with Gasteiger partial charge in [0.1, 0.15) is 23.0 Å². The quantitative estimate of drug-likeness (QED) is 0.686. The summed E-state index contributed by atoms with van der Waals surface area (Å²) in [4.78, 5) is 4.61. The van der Waals surface area contributed by atoms with E-state index in [1.807, 2.05) is 28.8 Å². The Bertz CT molecular complexity index is 834. The molecule has 22 heavy (non-hydrogen) atoms. The van der Waals surface area contributed by atoms with Crippen molar-refractivity contribution in [1.82, 2.24) is 9.38 Å². The molecule has 0 amide bonds. The molecule has 0 saturated heterocycles. The molecule has 1 N–H and O–H groups in total. The second kappa shape index (κ2) is 5.39. The summed E-state index contributed by atoms with van der Waals surface area (Å²) in [7, 11) is 0. The number of hydrogen-bond acceptors (Lipinski definition) is 2. The van der Waals surface area contributed by atoms with Crippen LogP contribution in [0.3, 0.4) is 0 Å². The number of fused-ring (bicyclic) bond motifs is 1. The highest BCUT2D eigenvalue weighted by molar-refractivity contribution is 9.10. The standard InChI is InChI=1S/C17H17BrFN3/c1-17(2,3)21-16-15(12-6-4-5-7-13(12)19)20-14-9-8-11(18)10-22(14)16/h4-10,21H,1-3H3. The van der Waals surface area contributed by atoms with Crippen molar-refractivity contribution in [3.63, 3.8) is 0 Å². The molecular formula is C17H17BrFN3. The normalized spacial score (nSPS) is 11.9. The van der Waals surface area contributed by atoms with Crippen molar-refractivity contribution in [2.75, 3.05) is 5.32 Å². The first kappa shape index (κ1) is 15.0. The first-order chi connectivity index (χ1) is 10.3. The van der Waals surface area contributed by atoms with Gasteiger partial charge in [-0.1, -0.05) is 12.1 Å². The van der Waals surface area contributed by atoms with Crippen molar-refractivity contribution in [2.45, 2.75) is 26.3 Å². The maximum absolute atomic E-state index is 14.2. The fraction of sp³-hybridized carbons (Fsp3) is 0.235. The van der Waals surface area contributed by atoms with Crippen molar-refractivity contribution in [1.29, 1.82) is 0 Å². The smallest absolute Gasteiger partial charge is 0.139 e. The molecule has 2 heterocycles. The van der Waals surface area contributed by atoms with E-state index in [0.29, 0.717) is 11.3 Å². The van der Waals surface area contributed by atoms with Crippen LogP contribution in [0.2, 0.25) is 0 Å². The topological polar surface area (TPSA) is 29.3 Å². The van der Waals surface area contributed by atoms with Crippen LogP contribution in [0.1, 0.15) is 20.8 Å². The maximum atomic E-state index is 14.2. The maximum Gasteiger partial charge on any atom is 0.139 e. The van der Waals surface area contributed by atoms with Gasteiger partial charge in [-0.3, -0.25) is 4.40 Å². The average molecular weight is 362 g/mol. The zero-order chi connectivity index (χ0) is 15.9. The minimum absolute atomic E-state index is 0.168. The molecule has 3 nitrogen and oxygen atoms in total.